The van der Waals surface area contributed by atoms with Gasteiger partial charge in [0.05, 0.1) is 17.3 Å². The number of halogens is 3. The van der Waals surface area contributed by atoms with Gasteiger partial charge in [0.25, 0.3) is 5.56 Å². The molecule has 0 spiro atoms. The number of amides is 1. The van der Waals surface area contributed by atoms with Crippen LogP contribution in [0.5, 0.6) is 0 Å². The number of fused-ring (bicyclic) bond motifs is 1. The fourth-order valence-corrected chi connectivity index (χ4v) is 5.64. The first-order valence-electron chi connectivity index (χ1n) is 13.1. The van der Waals surface area contributed by atoms with Gasteiger partial charge in [0, 0.05) is 63.9 Å². The Hall–Kier alpha value is -3.34. The fraction of sp³-hybridized carbons (Fsp3) is 0.310. The molecule has 0 bridgehead atoms. The second-order valence-electron chi connectivity index (χ2n) is 10.7. The lowest BCUT2D eigenvalue weighted by molar-refractivity contribution is 0.0240. The molecule has 2 aromatic carbocycles. The number of piperazine rings is 1. The number of rotatable bonds is 5. The van der Waals surface area contributed by atoms with Crippen LogP contribution in [-0.2, 0) is 11.2 Å². The van der Waals surface area contributed by atoms with Gasteiger partial charge in [-0.1, -0.05) is 29.3 Å². The van der Waals surface area contributed by atoms with Gasteiger partial charge < -0.3 is 19.9 Å². The first-order chi connectivity index (χ1) is 19.5. The van der Waals surface area contributed by atoms with Crippen molar-refractivity contribution in [2.45, 2.75) is 32.8 Å². The number of hydrogen-bond donors (Lipinski definition) is 2. The highest BCUT2D eigenvalue weighted by Gasteiger charge is 2.26. The minimum atomic E-state index is -0.523. The molecule has 2 N–H and O–H groups in total. The van der Waals surface area contributed by atoms with Crippen LogP contribution in [-0.4, -0.2) is 58.0 Å². The largest absolute Gasteiger partial charge is 0.444 e. The predicted molar refractivity (Wildman–Crippen MR) is 167 cm³/mol. The van der Waals surface area contributed by atoms with Gasteiger partial charge in [0.2, 0.25) is 0 Å². The quantitative estimate of drug-likeness (QED) is 0.243. The Morgan fingerprint density at radius 1 is 1.10 bits per heavy atom. The van der Waals surface area contributed by atoms with Crippen molar-refractivity contribution < 1.29 is 9.53 Å². The third-order valence-corrected chi connectivity index (χ3v) is 7.99. The van der Waals surface area contributed by atoms with Gasteiger partial charge in [-0.3, -0.25) is 4.79 Å². The summed E-state index contributed by atoms with van der Waals surface area (Å²) in [6.45, 7) is 8.10. The Labute approximate surface area is 255 Å². The first-order valence-corrected chi connectivity index (χ1v) is 14.6. The van der Waals surface area contributed by atoms with Crippen LogP contribution in [0.3, 0.4) is 0 Å². The standard InChI is InChI=1S/C29H29BrCl2N6O3/c1-29(2,3)41-28(40)38-11-9-37(10-12-38)19-7-8-24(21(30)15-19)35-26-25-17(16-33-36-27(25)39)13-18(34-26)14-20-22(31)5-4-6-23(20)32/h4-8,13,15-16H,9-12,14H2,1-3H3,(H,34,35)(H,36,39). The molecule has 5 rings (SSSR count). The van der Waals surface area contributed by atoms with E-state index in [4.69, 9.17) is 32.9 Å². The Balaban J connectivity index is 1.37. The topological polar surface area (TPSA) is 103 Å². The van der Waals surface area contributed by atoms with Crippen LogP contribution >= 0.6 is 39.1 Å². The van der Waals surface area contributed by atoms with Crippen molar-refractivity contribution in [2.24, 2.45) is 0 Å². The molecule has 0 unspecified atom stereocenters. The average molecular weight is 660 g/mol. The molecule has 0 saturated carbocycles. The number of carbonyl (C=O) groups excluding carboxylic acids is 1. The molecule has 1 aliphatic rings. The molecule has 0 atom stereocenters. The van der Waals surface area contributed by atoms with E-state index in [-0.39, 0.29) is 11.7 Å². The van der Waals surface area contributed by atoms with Gasteiger partial charge in [-0.15, -0.1) is 0 Å². The van der Waals surface area contributed by atoms with Crippen molar-refractivity contribution >= 4 is 73.2 Å². The molecule has 41 heavy (non-hydrogen) atoms. The van der Waals surface area contributed by atoms with E-state index < -0.39 is 5.60 Å². The van der Waals surface area contributed by atoms with E-state index in [0.717, 1.165) is 21.4 Å². The van der Waals surface area contributed by atoms with Crippen molar-refractivity contribution in [1.29, 1.82) is 0 Å². The zero-order valence-corrected chi connectivity index (χ0v) is 25.9. The number of carbonyl (C=O) groups is 1. The molecule has 4 aromatic rings. The van der Waals surface area contributed by atoms with Crippen molar-refractivity contribution in [1.82, 2.24) is 20.1 Å². The molecular weight excluding hydrogens is 631 g/mol. The molecule has 1 aliphatic heterocycles. The van der Waals surface area contributed by atoms with E-state index in [1.807, 2.05) is 45.0 Å². The van der Waals surface area contributed by atoms with E-state index in [1.54, 1.807) is 29.3 Å². The summed E-state index contributed by atoms with van der Waals surface area (Å²) < 4.78 is 6.30. The summed E-state index contributed by atoms with van der Waals surface area (Å²) in [4.78, 5) is 33.9. The van der Waals surface area contributed by atoms with Gasteiger partial charge in [0.1, 0.15) is 11.4 Å². The number of nitrogens with zero attached hydrogens (tertiary/aromatic N) is 4. The van der Waals surface area contributed by atoms with Crippen molar-refractivity contribution in [3.05, 3.63) is 84.8 Å². The van der Waals surface area contributed by atoms with Crippen LogP contribution in [0, 0.1) is 0 Å². The van der Waals surface area contributed by atoms with Gasteiger partial charge in [0.15, 0.2) is 0 Å². The number of hydrogen-bond acceptors (Lipinski definition) is 7. The minimum absolute atomic E-state index is 0.290. The zero-order valence-electron chi connectivity index (χ0n) is 22.8. The van der Waals surface area contributed by atoms with Gasteiger partial charge in [-0.05, 0) is 78.7 Å². The fourth-order valence-electron chi connectivity index (χ4n) is 4.64. The lowest BCUT2D eigenvalue weighted by Crippen LogP contribution is -2.50. The van der Waals surface area contributed by atoms with Crippen molar-refractivity contribution in [2.75, 3.05) is 36.4 Å². The Morgan fingerprint density at radius 3 is 2.46 bits per heavy atom. The Morgan fingerprint density at radius 2 is 1.80 bits per heavy atom. The molecule has 1 saturated heterocycles. The monoisotopic (exact) mass is 658 g/mol. The number of ether oxygens (including phenoxy) is 1. The van der Waals surface area contributed by atoms with Crippen LogP contribution in [0.1, 0.15) is 32.0 Å². The highest BCUT2D eigenvalue weighted by Crippen LogP contribution is 2.33. The maximum absolute atomic E-state index is 12.8. The van der Waals surface area contributed by atoms with Crippen LogP contribution in [0.15, 0.2) is 57.9 Å². The van der Waals surface area contributed by atoms with E-state index >= 15 is 0 Å². The average Bonchev–Trinajstić information content (AvgIpc) is 2.91. The minimum Gasteiger partial charge on any atom is -0.444 e. The van der Waals surface area contributed by atoms with Crippen LogP contribution < -0.4 is 15.8 Å². The number of H-pyrrole nitrogens is 1. The SMILES string of the molecule is CC(C)(C)OC(=O)N1CCN(c2ccc(Nc3nc(Cc4c(Cl)cccc4Cl)cc4cn[nH]c(=O)c34)c(Br)c2)CC1. The van der Waals surface area contributed by atoms with Gasteiger partial charge >= 0.3 is 6.09 Å². The second-order valence-corrected chi connectivity index (χ2v) is 12.4. The highest BCUT2D eigenvalue weighted by molar-refractivity contribution is 9.10. The first kappa shape index (κ1) is 29.2. The molecule has 2 aromatic heterocycles. The van der Waals surface area contributed by atoms with E-state index in [9.17, 15) is 9.59 Å². The third kappa shape index (κ3) is 6.77. The molecule has 214 valence electrons. The van der Waals surface area contributed by atoms with Crippen LogP contribution in [0.25, 0.3) is 10.8 Å². The molecule has 9 nitrogen and oxygen atoms in total. The summed E-state index contributed by atoms with van der Waals surface area (Å²) in [6, 6.07) is 13.1. The molecule has 1 fully saturated rings. The van der Waals surface area contributed by atoms with E-state index in [0.29, 0.717) is 64.9 Å². The van der Waals surface area contributed by atoms with Crippen LogP contribution in [0.2, 0.25) is 10.0 Å². The summed E-state index contributed by atoms with van der Waals surface area (Å²) in [7, 11) is 0. The predicted octanol–water partition coefficient (Wildman–Crippen LogP) is 6.78. The maximum Gasteiger partial charge on any atom is 0.410 e. The summed E-state index contributed by atoms with van der Waals surface area (Å²) in [5.41, 5.74) is 2.30. The smallest absolute Gasteiger partial charge is 0.410 e. The number of anilines is 3. The Kier molecular flexibility index (Phi) is 8.45. The normalized spacial score (nSPS) is 13.9. The molecule has 3 heterocycles. The molecule has 12 heteroatoms. The number of nitrogens with one attached hydrogen (secondary N) is 2. The highest BCUT2D eigenvalue weighted by atomic mass is 79.9. The summed E-state index contributed by atoms with van der Waals surface area (Å²) in [5, 5.41) is 11.9. The maximum atomic E-state index is 12.8. The summed E-state index contributed by atoms with van der Waals surface area (Å²) in [6.07, 6.45) is 1.68. The van der Waals surface area contributed by atoms with E-state index in [2.05, 4.69) is 36.3 Å². The van der Waals surface area contributed by atoms with E-state index in [1.165, 1.54) is 0 Å². The van der Waals surface area contributed by atoms with Crippen LogP contribution in [0.4, 0.5) is 22.0 Å². The number of pyridine rings is 1. The summed E-state index contributed by atoms with van der Waals surface area (Å²) in [5.74, 6) is 0.392. The van der Waals surface area contributed by atoms with Gasteiger partial charge in [-0.2, -0.15) is 5.10 Å². The number of aromatic nitrogens is 3. The molecule has 0 aliphatic carbocycles. The lowest BCUT2D eigenvalue weighted by Gasteiger charge is -2.36. The van der Waals surface area contributed by atoms with Crippen molar-refractivity contribution in [3.63, 3.8) is 0 Å². The molecular formula is C29H29BrCl2N6O3. The molecule has 1 amide bonds. The second kappa shape index (κ2) is 11.9. The number of benzene rings is 2. The van der Waals surface area contributed by atoms with Gasteiger partial charge in [-0.25, -0.2) is 14.9 Å². The zero-order chi connectivity index (χ0) is 29.3. The Bertz CT molecular complexity index is 1640. The van der Waals surface area contributed by atoms with Crippen molar-refractivity contribution in [3.8, 4) is 0 Å². The lowest BCUT2D eigenvalue weighted by atomic mass is 10.1. The number of aromatic amines is 1. The molecule has 0 radical (unpaired) electrons. The third-order valence-electron chi connectivity index (χ3n) is 6.62. The summed E-state index contributed by atoms with van der Waals surface area (Å²) >= 11 is 16.5.